The van der Waals surface area contributed by atoms with Gasteiger partial charge in [0.1, 0.15) is 0 Å². The van der Waals surface area contributed by atoms with Crippen LogP contribution in [0.5, 0.6) is 0 Å². The van der Waals surface area contributed by atoms with Gasteiger partial charge in [0.05, 0.1) is 10.9 Å². The van der Waals surface area contributed by atoms with Crippen LogP contribution in [0.15, 0.2) is 63.5 Å². The lowest BCUT2D eigenvalue weighted by Gasteiger charge is -2.38. The van der Waals surface area contributed by atoms with E-state index in [2.05, 4.69) is 58.5 Å². The van der Waals surface area contributed by atoms with Gasteiger partial charge in [-0.25, -0.2) is 13.6 Å². The molecule has 0 bridgehead atoms. The number of nitrogens with two attached hydrogens (primary N) is 1. The SMILES string of the molecule is CC1=CCC2C(c3ccc(Br)cc3)Nc3ccc(S(N)(=O)=O)cc3C12. The highest BCUT2D eigenvalue weighted by atomic mass is 79.9. The summed E-state index contributed by atoms with van der Waals surface area (Å²) in [5, 5.41) is 8.95. The molecule has 4 nitrogen and oxygen atoms in total. The summed E-state index contributed by atoms with van der Waals surface area (Å²) < 4.78 is 24.6. The van der Waals surface area contributed by atoms with E-state index in [1.54, 1.807) is 12.1 Å². The van der Waals surface area contributed by atoms with Gasteiger partial charge in [-0.2, -0.15) is 0 Å². The Balaban J connectivity index is 1.82. The van der Waals surface area contributed by atoms with Crippen molar-refractivity contribution in [2.24, 2.45) is 11.1 Å². The third-order valence-electron chi connectivity index (χ3n) is 5.29. The number of primary sulfonamides is 1. The van der Waals surface area contributed by atoms with Crippen LogP contribution in [0.4, 0.5) is 5.69 Å². The first-order valence-electron chi connectivity index (χ1n) is 8.20. The lowest BCUT2D eigenvalue weighted by Crippen LogP contribution is -2.30. The number of sulfonamides is 1. The van der Waals surface area contributed by atoms with Gasteiger partial charge in [-0.05, 0) is 60.7 Å². The molecule has 2 aliphatic rings. The summed E-state index contributed by atoms with van der Waals surface area (Å²) in [6.45, 7) is 2.13. The largest absolute Gasteiger partial charge is 0.378 e. The third-order valence-corrected chi connectivity index (χ3v) is 6.73. The van der Waals surface area contributed by atoms with Gasteiger partial charge < -0.3 is 5.32 Å². The highest BCUT2D eigenvalue weighted by Gasteiger charge is 2.40. The molecule has 4 rings (SSSR count). The van der Waals surface area contributed by atoms with E-state index in [0.29, 0.717) is 5.92 Å². The summed E-state index contributed by atoms with van der Waals surface area (Å²) in [5.74, 6) is 0.580. The van der Waals surface area contributed by atoms with Crippen molar-refractivity contribution in [2.45, 2.75) is 30.2 Å². The lowest BCUT2D eigenvalue weighted by atomic mass is 9.75. The Morgan fingerprint density at radius 3 is 2.56 bits per heavy atom. The molecule has 6 heteroatoms. The van der Waals surface area contributed by atoms with E-state index in [1.165, 1.54) is 11.1 Å². The van der Waals surface area contributed by atoms with E-state index in [1.807, 2.05) is 6.07 Å². The summed E-state index contributed by atoms with van der Waals surface area (Å²) in [6, 6.07) is 13.7. The molecule has 0 saturated carbocycles. The summed E-state index contributed by atoms with van der Waals surface area (Å²) in [6.07, 6.45) is 3.24. The number of hydrogen-bond acceptors (Lipinski definition) is 3. The van der Waals surface area contributed by atoms with Crippen molar-refractivity contribution in [2.75, 3.05) is 5.32 Å². The highest BCUT2D eigenvalue weighted by molar-refractivity contribution is 9.10. The Morgan fingerprint density at radius 2 is 1.88 bits per heavy atom. The van der Waals surface area contributed by atoms with E-state index < -0.39 is 10.0 Å². The lowest BCUT2D eigenvalue weighted by molar-refractivity contribution is 0.417. The zero-order valence-corrected chi connectivity index (χ0v) is 16.1. The molecule has 3 N–H and O–H groups in total. The van der Waals surface area contributed by atoms with Gasteiger partial charge in [0.2, 0.25) is 10.0 Å². The van der Waals surface area contributed by atoms with Crippen LogP contribution >= 0.6 is 15.9 Å². The van der Waals surface area contributed by atoms with Gasteiger partial charge >= 0.3 is 0 Å². The molecule has 2 aromatic carbocycles. The first-order chi connectivity index (χ1) is 11.8. The minimum Gasteiger partial charge on any atom is -0.378 e. The highest BCUT2D eigenvalue weighted by Crippen LogP contribution is 2.53. The van der Waals surface area contributed by atoms with Crippen LogP contribution in [-0.4, -0.2) is 8.42 Å². The molecule has 1 aliphatic heterocycles. The molecule has 3 unspecified atom stereocenters. The smallest absolute Gasteiger partial charge is 0.238 e. The van der Waals surface area contributed by atoms with Crippen molar-refractivity contribution in [3.05, 3.63) is 69.7 Å². The maximum absolute atomic E-state index is 11.7. The molecule has 130 valence electrons. The van der Waals surface area contributed by atoms with Crippen molar-refractivity contribution < 1.29 is 8.42 Å². The molecule has 3 atom stereocenters. The predicted molar refractivity (Wildman–Crippen MR) is 103 cm³/mol. The van der Waals surface area contributed by atoms with Crippen LogP contribution in [0.1, 0.15) is 36.4 Å². The van der Waals surface area contributed by atoms with Crippen molar-refractivity contribution in [3.8, 4) is 0 Å². The standard InChI is InChI=1S/C19H19BrN2O2S/c1-11-2-8-15-18(11)16-10-14(25(21,23)24)7-9-17(16)22-19(15)12-3-5-13(20)6-4-12/h2-7,9-10,15,18-19,22H,8H2,1H3,(H2,21,23,24). The molecule has 0 amide bonds. The van der Waals surface area contributed by atoms with E-state index >= 15 is 0 Å². The molecular formula is C19H19BrN2O2S. The van der Waals surface area contributed by atoms with Gasteiger partial charge in [0.15, 0.2) is 0 Å². The summed E-state index contributed by atoms with van der Waals surface area (Å²) in [4.78, 5) is 0.175. The fourth-order valence-corrected chi connectivity index (χ4v) is 4.92. The van der Waals surface area contributed by atoms with Crippen molar-refractivity contribution in [1.29, 1.82) is 0 Å². The molecule has 0 radical (unpaired) electrons. The van der Waals surface area contributed by atoms with E-state index in [4.69, 9.17) is 5.14 Å². The van der Waals surface area contributed by atoms with E-state index in [-0.39, 0.29) is 16.9 Å². The maximum Gasteiger partial charge on any atom is 0.238 e. The number of nitrogens with one attached hydrogen (secondary N) is 1. The first kappa shape index (κ1) is 16.8. The first-order valence-corrected chi connectivity index (χ1v) is 10.5. The van der Waals surface area contributed by atoms with Gasteiger partial charge in [0.25, 0.3) is 0 Å². The predicted octanol–water partition coefficient (Wildman–Crippen LogP) is 4.31. The maximum atomic E-state index is 11.7. The summed E-state index contributed by atoms with van der Waals surface area (Å²) in [7, 11) is -3.71. The number of anilines is 1. The molecule has 0 aromatic heterocycles. The monoisotopic (exact) mass is 418 g/mol. The Hall–Kier alpha value is -1.63. The van der Waals surface area contributed by atoms with Crippen LogP contribution in [0.3, 0.4) is 0 Å². The molecule has 0 spiro atoms. The van der Waals surface area contributed by atoms with Crippen LogP contribution in [-0.2, 0) is 10.0 Å². The van der Waals surface area contributed by atoms with Gasteiger partial charge in [-0.15, -0.1) is 0 Å². The minimum absolute atomic E-state index is 0.175. The zero-order chi connectivity index (χ0) is 17.8. The second-order valence-electron chi connectivity index (χ2n) is 6.79. The Morgan fingerprint density at radius 1 is 1.16 bits per heavy atom. The molecule has 25 heavy (non-hydrogen) atoms. The minimum atomic E-state index is -3.71. The molecular weight excluding hydrogens is 400 g/mol. The number of rotatable bonds is 2. The Kier molecular flexibility index (Phi) is 4.02. The molecule has 0 saturated heterocycles. The fraction of sp³-hybridized carbons (Fsp3) is 0.263. The second-order valence-corrected chi connectivity index (χ2v) is 9.27. The normalized spacial score (nSPS) is 24.9. The Labute approximate surface area is 156 Å². The number of halogens is 1. The average Bonchev–Trinajstić information content (AvgIpc) is 2.96. The topological polar surface area (TPSA) is 72.2 Å². The molecule has 0 fully saturated rings. The number of fused-ring (bicyclic) bond motifs is 3. The number of allylic oxidation sites excluding steroid dienone is 2. The molecule has 1 aliphatic carbocycles. The van der Waals surface area contributed by atoms with Crippen molar-refractivity contribution >= 4 is 31.6 Å². The average molecular weight is 419 g/mol. The zero-order valence-electron chi connectivity index (χ0n) is 13.7. The van der Waals surface area contributed by atoms with Gasteiger partial charge in [-0.1, -0.05) is 39.7 Å². The number of hydrogen-bond donors (Lipinski definition) is 2. The van der Waals surface area contributed by atoms with E-state index in [9.17, 15) is 8.42 Å². The number of benzene rings is 2. The quantitative estimate of drug-likeness (QED) is 0.713. The van der Waals surface area contributed by atoms with Crippen LogP contribution < -0.4 is 10.5 Å². The van der Waals surface area contributed by atoms with Crippen LogP contribution in [0.25, 0.3) is 0 Å². The van der Waals surface area contributed by atoms with E-state index in [0.717, 1.165) is 22.1 Å². The van der Waals surface area contributed by atoms with Gasteiger partial charge in [0, 0.05) is 16.1 Å². The van der Waals surface area contributed by atoms with Gasteiger partial charge in [-0.3, -0.25) is 0 Å². The van der Waals surface area contributed by atoms with Crippen molar-refractivity contribution in [3.63, 3.8) is 0 Å². The van der Waals surface area contributed by atoms with Crippen LogP contribution in [0, 0.1) is 5.92 Å². The van der Waals surface area contributed by atoms with Crippen LogP contribution in [0.2, 0.25) is 0 Å². The molecule has 1 heterocycles. The Bertz CT molecular complexity index is 967. The molecule has 2 aromatic rings. The fourth-order valence-electron chi connectivity index (χ4n) is 4.11. The summed E-state index contributed by atoms with van der Waals surface area (Å²) >= 11 is 3.49. The van der Waals surface area contributed by atoms with Crippen molar-refractivity contribution in [1.82, 2.24) is 0 Å². The summed E-state index contributed by atoms with van der Waals surface area (Å²) in [5.41, 5.74) is 4.54. The third kappa shape index (κ3) is 2.92. The second kappa shape index (κ2) is 5.97.